The number of carbonyl (C=O) groups excluding carboxylic acids is 3. The van der Waals surface area contributed by atoms with E-state index < -0.39 is 11.9 Å². The molecular formula is C11H6O4. The second-order valence-electron chi connectivity index (χ2n) is 2.94. The van der Waals surface area contributed by atoms with Gasteiger partial charge in [-0.3, -0.25) is 4.79 Å². The molecule has 0 atom stereocenters. The number of hydrogen-bond acceptors (Lipinski definition) is 4. The van der Waals surface area contributed by atoms with Crippen molar-refractivity contribution >= 4 is 24.3 Å². The van der Waals surface area contributed by atoms with Crippen LogP contribution in [0.1, 0.15) is 26.3 Å². The van der Waals surface area contributed by atoms with Crippen molar-refractivity contribution in [3.63, 3.8) is 0 Å². The monoisotopic (exact) mass is 202 g/mol. The van der Waals surface area contributed by atoms with Crippen LogP contribution < -0.4 is 0 Å². The van der Waals surface area contributed by atoms with Crippen molar-refractivity contribution in [1.82, 2.24) is 0 Å². The average molecular weight is 202 g/mol. The molecule has 0 saturated heterocycles. The molecule has 1 aromatic carbocycles. The van der Waals surface area contributed by atoms with E-state index in [0.29, 0.717) is 11.8 Å². The lowest BCUT2D eigenvalue weighted by atomic mass is 10.0. The minimum atomic E-state index is -0.666. The Morgan fingerprint density at radius 2 is 1.93 bits per heavy atom. The molecule has 1 aliphatic rings. The van der Waals surface area contributed by atoms with Crippen molar-refractivity contribution in [3.05, 3.63) is 41.0 Å². The molecule has 0 amide bonds. The normalized spacial score (nSPS) is 14.1. The number of carbonyl (C=O) groups is 3. The molecule has 1 aliphatic heterocycles. The molecular weight excluding hydrogens is 196 g/mol. The molecule has 0 N–H and O–H groups in total. The summed E-state index contributed by atoms with van der Waals surface area (Å²) >= 11 is 0. The highest BCUT2D eigenvalue weighted by molar-refractivity contribution is 6.16. The Kier molecular flexibility index (Phi) is 2.17. The summed E-state index contributed by atoms with van der Waals surface area (Å²) in [4.78, 5) is 32.6. The van der Waals surface area contributed by atoms with Crippen molar-refractivity contribution in [2.45, 2.75) is 0 Å². The van der Waals surface area contributed by atoms with Crippen LogP contribution >= 0.6 is 0 Å². The number of aldehydes is 1. The zero-order chi connectivity index (χ0) is 10.8. The van der Waals surface area contributed by atoms with Crippen LogP contribution in [0.4, 0.5) is 0 Å². The summed E-state index contributed by atoms with van der Waals surface area (Å²) in [7, 11) is 0. The maximum atomic E-state index is 11.3. The molecule has 0 radical (unpaired) electrons. The van der Waals surface area contributed by atoms with E-state index in [4.69, 9.17) is 0 Å². The molecule has 0 spiro atoms. The largest absolute Gasteiger partial charge is 0.386 e. The Morgan fingerprint density at radius 3 is 2.67 bits per heavy atom. The zero-order valence-electron chi connectivity index (χ0n) is 7.60. The Labute approximate surface area is 85.2 Å². The molecule has 15 heavy (non-hydrogen) atoms. The first-order valence-corrected chi connectivity index (χ1v) is 4.25. The molecule has 0 saturated carbocycles. The van der Waals surface area contributed by atoms with Crippen molar-refractivity contribution in [2.75, 3.05) is 0 Å². The molecule has 0 unspecified atom stereocenters. The lowest BCUT2D eigenvalue weighted by molar-refractivity contribution is -0.104. The standard InChI is InChI=1S/C11H6O4/c12-6-2-4-7-3-1-5-8-9(7)11(14)15-10(8)13/h1-6H. The molecule has 0 bridgehead atoms. The molecule has 0 fully saturated rings. The van der Waals surface area contributed by atoms with Crippen molar-refractivity contribution in [1.29, 1.82) is 0 Å². The van der Waals surface area contributed by atoms with E-state index >= 15 is 0 Å². The molecule has 2 rings (SSSR count). The SMILES string of the molecule is O=CC=Cc1cccc2c1C(=O)OC2=O. The molecule has 4 nitrogen and oxygen atoms in total. The highest BCUT2D eigenvalue weighted by Crippen LogP contribution is 2.24. The first-order chi connectivity index (χ1) is 7.24. The van der Waals surface area contributed by atoms with Gasteiger partial charge in [0, 0.05) is 0 Å². The third-order valence-corrected chi connectivity index (χ3v) is 2.06. The Morgan fingerprint density at radius 1 is 1.13 bits per heavy atom. The van der Waals surface area contributed by atoms with Gasteiger partial charge in [0.1, 0.15) is 6.29 Å². The first kappa shape index (κ1) is 9.33. The number of cyclic esters (lactones) is 2. The van der Waals surface area contributed by atoms with Crippen molar-refractivity contribution in [2.24, 2.45) is 0 Å². The van der Waals surface area contributed by atoms with Crippen LogP contribution in [0.15, 0.2) is 24.3 Å². The van der Waals surface area contributed by atoms with Gasteiger partial charge in [-0.2, -0.15) is 0 Å². The van der Waals surface area contributed by atoms with Crippen LogP contribution in [-0.2, 0) is 9.53 Å². The van der Waals surface area contributed by atoms with Crippen LogP contribution in [0.2, 0.25) is 0 Å². The predicted molar refractivity (Wildman–Crippen MR) is 51.3 cm³/mol. The van der Waals surface area contributed by atoms with Gasteiger partial charge in [0.05, 0.1) is 11.1 Å². The van der Waals surface area contributed by atoms with Crippen LogP contribution in [0.25, 0.3) is 6.08 Å². The lowest BCUT2D eigenvalue weighted by Crippen LogP contribution is -1.98. The summed E-state index contributed by atoms with van der Waals surface area (Å²) in [6.07, 6.45) is 3.32. The third-order valence-electron chi connectivity index (χ3n) is 2.06. The van der Waals surface area contributed by atoms with Gasteiger partial charge in [-0.25, -0.2) is 9.59 Å². The average Bonchev–Trinajstić information content (AvgIpc) is 2.53. The van der Waals surface area contributed by atoms with E-state index in [-0.39, 0.29) is 11.1 Å². The number of ether oxygens (including phenoxy) is 1. The minimum Gasteiger partial charge on any atom is -0.386 e. The van der Waals surface area contributed by atoms with Crippen LogP contribution in [0.3, 0.4) is 0 Å². The van der Waals surface area contributed by atoms with Crippen molar-refractivity contribution < 1.29 is 19.1 Å². The predicted octanol–water partition coefficient (Wildman–Crippen LogP) is 1.21. The van der Waals surface area contributed by atoms with Gasteiger partial charge in [0.15, 0.2) is 0 Å². The smallest absolute Gasteiger partial charge is 0.347 e. The fourth-order valence-electron chi connectivity index (χ4n) is 1.44. The van der Waals surface area contributed by atoms with Crippen LogP contribution in [0, 0.1) is 0 Å². The van der Waals surface area contributed by atoms with Gasteiger partial charge in [-0.15, -0.1) is 0 Å². The van der Waals surface area contributed by atoms with Gasteiger partial charge in [0.25, 0.3) is 0 Å². The highest BCUT2D eigenvalue weighted by Gasteiger charge is 2.31. The topological polar surface area (TPSA) is 60.4 Å². The van der Waals surface area contributed by atoms with Gasteiger partial charge in [0.2, 0.25) is 0 Å². The second-order valence-corrected chi connectivity index (χ2v) is 2.94. The fourth-order valence-corrected chi connectivity index (χ4v) is 1.44. The summed E-state index contributed by atoms with van der Waals surface area (Å²) in [6, 6.07) is 4.78. The quantitative estimate of drug-likeness (QED) is 0.313. The number of hydrogen-bond donors (Lipinski definition) is 0. The molecule has 1 heterocycles. The van der Waals surface area contributed by atoms with Gasteiger partial charge in [-0.1, -0.05) is 18.2 Å². The zero-order valence-corrected chi connectivity index (χ0v) is 7.60. The Bertz CT molecular complexity index is 485. The number of benzene rings is 1. The summed E-state index contributed by atoms with van der Waals surface area (Å²) < 4.78 is 4.45. The van der Waals surface area contributed by atoms with E-state index in [2.05, 4.69) is 4.74 Å². The molecule has 0 aliphatic carbocycles. The Hall–Kier alpha value is -2.23. The lowest BCUT2D eigenvalue weighted by Gasteiger charge is -1.96. The molecule has 74 valence electrons. The van der Waals surface area contributed by atoms with Crippen LogP contribution in [0.5, 0.6) is 0 Å². The Balaban J connectivity index is 2.60. The minimum absolute atomic E-state index is 0.223. The number of rotatable bonds is 2. The fraction of sp³-hybridized carbons (Fsp3) is 0. The molecule has 0 aromatic heterocycles. The van der Waals surface area contributed by atoms with E-state index in [0.717, 1.165) is 0 Å². The van der Waals surface area contributed by atoms with Crippen molar-refractivity contribution in [3.8, 4) is 0 Å². The number of esters is 2. The summed E-state index contributed by atoms with van der Waals surface area (Å²) in [5.41, 5.74) is 0.976. The maximum Gasteiger partial charge on any atom is 0.347 e. The first-order valence-electron chi connectivity index (χ1n) is 4.25. The second kappa shape index (κ2) is 3.49. The third kappa shape index (κ3) is 1.46. The van der Waals surface area contributed by atoms with E-state index in [1.54, 1.807) is 12.1 Å². The van der Waals surface area contributed by atoms with Gasteiger partial charge < -0.3 is 4.74 Å². The summed E-state index contributed by atoms with van der Waals surface area (Å²) in [6.45, 7) is 0. The number of fused-ring (bicyclic) bond motifs is 1. The highest BCUT2D eigenvalue weighted by atomic mass is 16.6. The molecule has 4 heteroatoms. The van der Waals surface area contributed by atoms with E-state index in [9.17, 15) is 14.4 Å². The van der Waals surface area contributed by atoms with Crippen LogP contribution in [-0.4, -0.2) is 18.2 Å². The summed E-state index contributed by atoms with van der Waals surface area (Å²) in [5, 5.41) is 0. The van der Waals surface area contributed by atoms with E-state index in [1.807, 2.05) is 0 Å². The van der Waals surface area contributed by atoms with Gasteiger partial charge in [-0.05, 0) is 17.7 Å². The molecule has 1 aromatic rings. The van der Waals surface area contributed by atoms with Gasteiger partial charge >= 0.3 is 11.9 Å². The number of allylic oxidation sites excluding steroid dienone is 1. The van der Waals surface area contributed by atoms with E-state index in [1.165, 1.54) is 18.2 Å². The maximum absolute atomic E-state index is 11.3. The summed E-state index contributed by atoms with van der Waals surface area (Å²) in [5.74, 6) is -1.31.